The summed E-state index contributed by atoms with van der Waals surface area (Å²) in [4.78, 5) is 27.5. The van der Waals surface area contributed by atoms with E-state index in [-0.39, 0.29) is 23.7 Å². The van der Waals surface area contributed by atoms with Crippen molar-refractivity contribution < 1.29 is 14.0 Å². The maximum absolute atomic E-state index is 13.4. The van der Waals surface area contributed by atoms with Crippen LogP contribution in [0.25, 0.3) is 10.8 Å². The van der Waals surface area contributed by atoms with Crippen molar-refractivity contribution in [1.82, 2.24) is 10.2 Å². The van der Waals surface area contributed by atoms with Crippen LogP contribution in [0.4, 0.5) is 4.39 Å². The lowest BCUT2D eigenvalue weighted by Crippen LogP contribution is -2.45. The second-order valence-electron chi connectivity index (χ2n) is 9.44. The van der Waals surface area contributed by atoms with E-state index in [2.05, 4.69) is 35.6 Å². The van der Waals surface area contributed by atoms with E-state index in [1.54, 1.807) is 12.1 Å². The second-order valence-corrected chi connectivity index (χ2v) is 9.44. The summed E-state index contributed by atoms with van der Waals surface area (Å²) in [6.07, 6.45) is 4.82. The third kappa shape index (κ3) is 4.50. The van der Waals surface area contributed by atoms with Crippen molar-refractivity contribution in [3.8, 4) is 0 Å². The SMILES string of the molecule is O=C1CC[C@@](CCC(=O)N2CCC[C@@H]2c2ccc(F)cc2)(Cc2cccc3ccccc23)N1. The summed E-state index contributed by atoms with van der Waals surface area (Å²) in [6.45, 7) is 0.726. The lowest BCUT2D eigenvalue weighted by molar-refractivity contribution is -0.132. The van der Waals surface area contributed by atoms with Gasteiger partial charge in [0.15, 0.2) is 0 Å². The molecule has 0 unspecified atom stereocenters. The van der Waals surface area contributed by atoms with Crippen molar-refractivity contribution in [3.05, 3.63) is 83.7 Å². The number of carbonyl (C=O) groups is 2. The fourth-order valence-corrected chi connectivity index (χ4v) is 5.58. The Morgan fingerprint density at radius 3 is 2.64 bits per heavy atom. The molecule has 3 aromatic rings. The molecule has 0 spiro atoms. The van der Waals surface area contributed by atoms with Crippen molar-refractivity contribution in [2.45, 2.75) is 56.5 Å². The molecule has 0 aromatic heterocycles. The van der Waals surface area contributed by atoms with Gasteiger partial charge in [0.05, 0.1) is 6.04 Å². The van der Waals surface area contributed by atoms with Gasteiger partial charge >= 0.3 is 0 Å². The normalized spacial score (nSPS) is 22.6. The van der Waals surface area contributed by atoms with Crippen molar-refractivity contribution in [2.75, 3.05) is 6.54 Å². The highest BCUT2D eigenvalue weighted by molar-refractivity contribution is 5.86. The molecule has 2 saturated heterocycles. The van der Waals surface area contributed by atoms with E-state index >= 15 is 0 Å². The van der Waals surface area contributed by atoms with Crippen LogP contribution in [-0.4, -0.2) is 28.8 Å². The third-order valence-corrected chi connectivity index (χ3v) is 7.29. The Morgan fingerprint density at radius 2 is 1.85 bits per heavy atom. The minimum Gasteiger partial charge on any atom is -0.350 e. The molecule has 5 heteroatoms. The second kappa shape index (κ2) is 8.97. The van der Waals surface area contributed by atoms with Crippen molar-refractivity contribution in [2.24, 2.45) is 0 Å². The van der Waals surface area contributed by atoms with Crippen LogP contribution in [0.5, 0.6) is 0 Å². The predicted molar refractivity (Wildman–Crippen MR) is 127 cm³/mol. The first-order chi connectivity index (χ1) is 16.0. The number of amides is 2. The smallest absolute Gasteiger partial charge is 0.223 e. The number of nitrogens with zero attached hydrogens (tertiary/aromatic N) is 1. The van der Waals surface area contributed by atoms with Crippen LogP contribution in [0.15, 0.2) is 66.7 Å². The van der Waals surface area contributed by atoms with Crippen LogP contribution in [0.2, 0.25) is 0 Å². The number of hydrogen-bond donors (Lipinski definition) is 1. The lowest BCUT2D eigenvalue weighted by Gasteiger charge is -2.32. The number of benzene rings is 3. The van der Waals surface area contributed by atoms with Crippen molar-refractivity contribution in [3.63, 3.8) is 0 Å². The number of carbonyl (C=O) groups excluding carboxylic acids is 2. The zero-order chi connectivity index (χ0) is 22.8. The molecule has 2 atom stereocenters. The Bertz CT molecular complexity index is 1170. The minimum absolute atomic E-state index is 0.00489. The number of halogens is 1. The van der Waals surface area contributed by atoms with Crippen LogP contribution < -0.4 is 5.32 Å². The van der Waals surface area contributed by atoms with Gasteiger partial charge in [-0.25, -0.2) is 4.39 Å². The molecule has 2 aliphatic rings. The van der Waals surface area contributed by atoms with Gasteiger partial charge in [-0.3, -0.25) is 9.59 Å². The molecule has 0 bridgehead atoms. The number of nitrogens with one attached hydrogen (secondary N) is 1. The van der Waals surface area contributed by atoms with E-state index in [0.29, 0.717) is 19.3 Å². The minimum atomic E-state index is -0.401. The average molecular weight is 445 g/mol. The van der Waals surface area contributed by atoms with Gasteiger partial charge in [-0.1, -0.05) is 54.6 Å². The van der Waals surface area contributed by atoms with Gasteiger partial charge in [0.1, 0.15) is 5.82 Å². The standard InChI is InChI=1S/C28H29FN2O2/c29-23-12-10-21(11-13-23)25-9-4-18-31(25)27(33)15-17-28(16-14-26(32)30-28)19-22-7-3-6-20-5-1-2-8-24(20)22/h1-3,5-8,10-13,25H,4,9,14-19H2,(H,30,32)/t25-,28-/m1/s1. The van der Waals surface area contributed by atoms with Gasteiger partial charge in [-0.15, -0.1) is 0 Å². The molecule has 5 rings (SSSR count). The Labute approximate surface area is 193 Å². The molecular formula is C28H29FN2O2. The average Bonchev–Trinajstić information content (AvgIpc) is 3.46. The van der Waals surface area contributed by atoms with E-state index in [9.17, 15) is 14.0 Å². The lowest BCUT2D eigenvalue weighted by atomic mass is 9.83. The molecule has 33 heavy (non-hydrogen) atoms. The highest BCUT2D eigenvalue weighted by Crippen LogP contribution is 2.35. The first kappa shape index (κ1) is 21.6. The number of fused-ring (bicyclic) bond motifs is 1. The number of rotatable bonds is 6. The molecule has 2 amide bonds. The molecule has 3 aromatic carbocycles. The Hall–Kier alpha value is -3.21. The molecule has 2 aliphatic heterocycles. The van der Waals surface area contributed by atoms with Gasteiger partial charge in [0.25, 0.3) is 0 Å². The number of hydrogen-bond acceptors (Lipinski definition) is 2. The zero-order valence-corrected chi connectivity index (χ0v) is 18.7. The van der Waals surface area contributed by atoms with Crippen LogP contribution in [-0.2, 0) is 16.0 Å². The monoisotopic (exact) mass is 444 g/mol. The van der Waals surface area contributed by atoms with Gasteiger partial charge < -0.3 is 10.2 Å². The molecule has 0 aliphatic carbocycles. The van der Waals surface area contributed by atoms with Crippen LogP contribution in [0, 0.1) is 5.82 Å². The highest BCUT2D eigenvalue weighted by Gasteiger charge is 2.39. The Kier molecular flexibility index (Phi) is 5.88. The van der Waals surface area contributed by atoms with Gasteiger partial charge in [0.2, 0.25) is 11.8 Å². The molecule has 1 N–H and O–H groups in total. The molecule has 2 fully saturated rings. The Balaban J connectivity index is 1.33. The molecule has 0 saturated carbocycles. The molecule has 4 nitrogen and oxygen atoms in total. The van der Waals surface area contributed by atoms with Gasteiger partial charge in [-0.05, 0) is 66.1 Å². The maximum atomic E-state index is 13.4. The summed E-state index contributed by atoms with van der Waals surface area (Å²) in [5.41, 5.74) is 1.79. The first-order valence-corrected chi connectivity index (χ1v) is 11.9. The summed E-state index contributed by atoms with van der Waals surface area (Å²) < 4.78 is 13.4. The largest absolute Gasteiger partial charge is 0.350 e. The highest BCUT2D eigenvalue weighted by atomic mass is 19.1. The van der Waals surface area contributed by atoms with Crippen molar-refractivity contribution >= 4 is 22.6 Å². The molecule has 170 valence electrons. The van der Waals surface area contributed by atoms with E-state index in [1.165, 1.54) is 28.5 Å². The summed E-state index contributed by atoms with van der Waals surface area (Å²) in [6, 6.07) is 21.1. The fourth-order valence-electron chi connectivity index (χ4n) is 5.58. The van der Waals surface area contributed by atoms with Crippen LogP contribution in [0.1, 0.15) is 55.7 Å². The van der Waals surface area contributed by atoms with Gasteiger partial charge in [0, 0.05) is 24.9 Å². The maximum Gasteiger partial charge on any atom is 0.223 e. The van der Waals surface area contributed by atoms with E-state index in [0.717, 1.165) is 37.8 Å². The fraction of sp³-hybridized carbons (Fsp3) is 0.357. The Morgan fingerprint density at radius 1 is 1.06 bits per heavy atom. The summed E-state index contributed by atoms with van der Waals surface area (Å²) >= 11 is 0. The van der Waals surface area contributed by atoms with E-state index in [1.807, 2.05) is 17.0 Å². The summed E-state index contributed by atoms with van der Waals surface area (Å²) in [5, 5.41) is 5.61. The summed E-state index contributed by atoms with van der Waals surface area (Å²) in [5.74, 6) is -0.0877. The van der Waals surface area contributed by atoms with Crippen molar-refractivity contribution in [1.29, 1.82) is 0 Å². The van der Waals surface area contributed by atoms with E-state index < -0.39 is 5.54 Å². The zero-order valence-electron chi connectivity index (χ0n) is 18.7. The van der Waals surface area contributed by atoms with Crippen LogP contribution >= 0.6 is 0 Å². The van der Waals surface area contributed by atoms with Gasteiger partial charge in [-0.2, -0.15) is 0 Å². The topological polar surface area (TPSA) is 49.4 Å². The summed E-state index contributed by atoms with van der Waals surface area (Å²) in [7, 11) is 0. The van der Waals surface area contributed by atoms with Crippen LogP contribution in [0.3, 0.4) is 0 Å². The molecule has 2 heterocycles. The van der Waals surface area contributed by atoms with E-state index in [4.69, 9.17) is 0 Å². The third-order valence-electron chi connectivity index (χ3n) is 7.29. The quantitative estimate of drug-likeness (QED) is 0.560. The first-order valence-electron chi connectivity index (χ1n) is 11.9. The number of likely N-dealkylation sites (tertiary alicyclic amines) is 1. The molecule has 0 radical (unpaired) electrons. The predicted octanol–water partition coefficient (Wildman–Crippen LogP) is 5.31. The molecular weight excluding hydrogens is 415 g/mol.